The maximum absolute atomic E-state index is 4.50. The molecule has 1 saturated heterocycles. The van der Waals surface area contributed by atoms with Gasteiger partial charge in [0.05, 0.1) is 11.4 Å². The molecule has 0 radical (unpaired) electrons. The van der Waals surface area contributed by atoms with E-state index in [0.29, 0.717) is 0 Å². The minimum absolute atomic E-state index is 0.819. The molecule has 0 bridgehead atoms. The Labute approximate surface area is 104 Å². The second kappa shape index (κ2) is 5.65. The zero-order chi connectivity index (χ0) is 12.3. The second-order valence-corrected chi connectivity index (χ2v) is 5.04. The molecule has 1 aliphatic heterocycles. The topological polar surface area (TPSA) is 33.1 Å². The molecule has 96 valence electrons. The summed E-state index contributed by atoms with van der Waals surface area (Å²) in [4.78, 5) is 2.55. The Bertz CT molecular complexity index is 358. The maximum atomic E-state index is 4.50. The molecule has 17 heavy (non-hydrogen) atoms. The van der Waals surface area contributed by atoms with Crippen LogP contribution in [-0.2, 0) is 13.1 Å². The molecule has 1 aliphatic rings. The number of hydrogen-bond acceptors (Lipinski definition) is 3. The number of aromatic nitrogens is 2. The first-order valence-corrected chi connectivity index (χ1v) is 6.63. The first kappa shape index (κ1) is 12.6. The van der Waals surface area contributed by atoms with Crippen LogP contribution in [0.4, 0.5) is 0 Å². The molecule has 0 saturated carbocycles. The molecule has 4 heteroatoms. The molecule has 2 rings (SSSR count). The third kappa shape index (κ3) is 3.07. The number of rotatable bonds is 5. The van der Waals surface area contributed by atoms with E-state index in [0.717, 1.165) is 31.2 Å². The third-order valence-corrected chi connectivity index (χ3v) is 3.53. The van der Waals surface area contributed by atoms with Crippen molar-refractivity contribution in [1.82, 2.24) is 20.0 Å². The quantitative estimate of drug-likeness (QED) is 0.835. The van der Waals surface area contributed by atoms with E-state index in [2.05, 4.69) is 39.9 Å². The van der Waals surface area contributed by atoms with E-state index in [-0.39, 0.29) is 0 Å². The highest BCUT2D eigenvalue weighted by Gasteiger charge is 2.22. The Morgan fingerprint density at radius 3 is 3.06 bits per heavy atom. The highest BCUT2D eigenvalue weighted by Crippen LogP contribution is 2.18. The van der Waals surface area contributed by atoms with Gasteiger partial charge in [0.25, 0.3) is 0 Å². The Hall–Kier alpha value is -0.870. The number of nitrogens with zero attached hydrogens (tertiary/aromatic N) is 3. The summed E-state index contributed by atoms with van der Waals surface area (Å²) in [6, 6.07) is 2.22. The summed E-state index contributed by atoms with van der Waals surface area (Å²) in [5, 5.41) is 7.78. The van der Waals surface area contributed by atoms with Crippen molar-refractivity contribution >= 4 is 0 Å². The second-order valence-electron chi connectivity index (χ2n) is 5.04. The Balaban J connectivity index is 1.93. The van der Waals surface area contributed by atoms with Gasteiger partial charge in [-0.2, -0.15) is 5.10 Å². The van der Waals surface area contributed by atoms with Crippen molar-refractivity contribution in [3.63, 3.8) is 0 Å². The van der Waals surface area contributed by atoms with Crippen molar-refractivity contribution in [1.29, 1.82) is 0 Å². The molecule has 4 nitrogen and oxygen atoms in total. The van der Waals surface area contributed by atoms with Crippen LogP contribution in [0.3, 0.4) is 0 Å². The molecular formula is C13H24N4. The summed E-state index contributed by atoms with van der Waals surface area (Å²) in [5.41, 5.74) is 2.49. The molecule has 1 unspecified atom stereocenters. The summed E-state index contributed by atoms with van der Waals surface area (Å²) in [6.45, 7) is 9.83. The lowest BCUT2D eigenvalue weighted by Gasteiger charge is -2.16. The first-order chi connectivity index (χ1) is 8.22. The predicted octanol–water partition coefficient (Wildman–Crippen LogP) is 1.25. The lowest BCUT2D eigenvalue weighted by Crippen LogP contribution is -2.25. The number of hydrogen-bond donors (Lipinski definition) is 1. The summed E-state index contributed by atoms with van der Waals surface area (Å²) >= 11 is 0. The summed E-state index contributed by atoms with van der Waals surface area (Å²) in [7, 11) is 2.04. The van der Waals surface area contributed by atoms with Crippen LogP contribution in [-0.4, -0.2) is 41.4 Å². The fourth-order valence-electron chi connectivity index (χ4n) is 2.74. The van der Waals surface area contributed by atoms with Crippen LogP contribution >= 0.6 is 0 Å². The summed E-state index contributed by atoms with van der Waals surface area (Å²) < 4.78 is 2.13. The molecule has 0 spiro atoms. The smallest absolute Gasteiger partial charge is 0.0597 e. The number of likely N-dealkylation sites (tertiary alicyclic amines) is 1. The van der Waals surface area contributed by atoms with Gasteiger partial charge in [0.15, 0.2) is 0 Å². The number of nitrogens with one attached hydrogen (secondary N) is 1. The average Bonchev–Trinajstić information content (AvgIpc) is 2.87. The Morgan fingerprint density at radius 2 is 2.35 bits per heavy atom. The van der Waals surface area contributed by atoms with Crippen molar-refractivity contribution < 1.29 is 0 Å². The van der Waals surface area contributed by atoms with Crippen LogP contribution in [0.2, 0.25) is 0 Å². The first-order valence-electron chi connectivity index (χ1n) is 6.63. The average molecular weight is 236 g/mol. The molecule has 1 aromatic heterocycles. The zero-order valence-electron chi connectivity index (χ0n) is 11.2. The SMILES string of the molecule is CCn1nc(C)cc1CN1CCC(CNC)C1. The predicted molar refractivity (Wildman–Crippen MR) is 69.9 cm³/mol. The van der Waals surface area contributed by atoms with Crippen molar-refractivity contribution in [3.8, 4) is 0 Å². The molecule has 1 aromatic rings. The lowest BCUT2D eigenvalue weighted by atomic mass is 10.1. The molecular weight excluding hydrogens is 212 g/mol. The van der Waals surface area contributed by atoms with Gasteiger partial charge in [0, 0.05) is 19.6 Å². The normalized spacial score (nSPS) is 21.2. The fraction of sp³-hybridized carbons (Fsp3) is 0.769. The minimum atomic E-state index is 0.819. The molecule has 2 heterocycles. The molecule has 0 amide bonds. The molecule has 1 atom stereocenters. The van der Waals surface area contributed by atoms with E-state index >= 15 is 0 Å². The highest BCUT2D eigenvalue weighted by atomic mass is 15.3. The van der Waals surface area contributed by atoms with Crippen LogP contribution in [0.5, 0.6) is 0 Å². The van der Waals surface area contributed by atoms with Gasteiger partial charge in [-0.3, -0.25) is 9.58 Å². The van der Waals surface area contributed by atoms with Gasteiger partial charge in [-0.25, -0.2) is 0 Å². The lowest BCUT2D eigenvalue weighted by molar-refractivity contribution is 0.304. The van der Waals surface area contributed by atoms with E-state index in [9.17, 15) is 0 Å². The van der Waals surface area contributed by atoms with Gasteiger partial charge in [0.2, 0.25) is 0 Å². The van der Waals surface area contributed by atoms with Crippen molar-refractivity contribution in [2.45, 2.75) is 33.4 Å². The van der Waals surface area contributed by atoms with Crippen LogP contribution in [0.1, 0.15) is 24.7 Å². The van der Waals surface area contributed by atoms with Crippen LogP contribution in [0, 0.1) is 12.8 Å². The van der Waals surface area contributed by atoms with Gasteiger partial charge in [-0.15, -0.1) is 0 Å². The summed E-state index contributed by atoms with van der Waals surface area (Å²) in [6.07, 6.45) is 1.32. The molecule has 0 aliphatic carbocycles. The maximum Gasteiger partial charge on any atom is 0.0597 e. The van der Waals surface area contributed by atoms with Crippen molar-refractivity contribution in [2.75, 3.05) is 26.7 Å². The standard InChI is InChI=1S/C13H24N4/c1-4-17-13(7-11(2)15-17)10-16-6-5-12(9-16)8-14-3/h7,12,14H,4-6,8-10H2,1-3H3. The van der Waals surface area contributed by atoms with Gasteiger partial charge < -0.3 is 5.32 Å². The molecule has 1 fully saturated rings. The van der Waals surface area contributed by atoms with Crippen LogP contribution in [0.25, 0.3) is 0 Å². The van der Waals surface area contributed by atoms with Gasteiger partial charge in [0.1, 0.15) is 0 Å². The Morgan fingerprint density at radius 1 is 1.53 bits per heavy atom. The molecule has 0 aromatic carbocycles. The van der Waals surface area contributed by atoms with E-state index in [1.807, 2.05) is 7.05 Å². The largest absolute Gasteiger partial charge is 0.319 e. The van der Waals surface area contributed by atoms with E-state index in [1.54, 1.807) is 0 Å². The zero-order valence-corrected chi connectivity index (χ0v) is 11.2. The van der Waals surface area contributed by atoms with Crippen LogP contribution in [0.15, 0.2) is 6.07 Å². The monoisotopic (exact) mass is 236 g/mol. The van der Waals surface area contributed by atoms with E-state index in [4.69, 9.17) is 0 Å². The van der Waals surface area contributed by atoms with Crippen molar-refractivity contribution in [2.24, 2.45) is 5.92 Å². The van der Waals surface area contributed by atoms with E-state index in [1.165, 1.54) is 25.2 Å². The number of aryl methyl sites for hydroxylation is 2. The Kier molecular flexibility index (Phi) is 4.18. The minimum Gasteiger partial charge on any atom is -0.319 e. The van der Waals surface area contributed by atoms with Crippen LogP contribution < -0.4 is 5.32 Å². The highest BCUT2D eigenvalue weighted by molar-refractivity contribution is 5.09. The van der Waals surface area contributed by atoms with Crippen molar-refractivity contribution in [3.05, 3.63) is 17.5 Å². The van der Waals surface area contributed by atoms with Gasteiger partial charge >= 0.3 is 0 Å². The third-order valence-electron chi connectivity index (χ3n) is 3.53. The van der Waals surface area contributed by atoms with E-state index < -0.39 is 0 Å². The van der Waals surface area contributed by atoms with Gasteiger partial charge in [-0.05, 0) is 52.4 Å². The fourth-order valence-corrected chi connectivity index (χ4v) is 2.74. The van der Waals surface area contributed by atoms with Gasteiger partial charge in [-0.1, -0.05) is 0 Å². The molecule has 1 N–H and O–H groups in total. The summed E-state index contributed by atoms with van der Waals surface area (Å²) in [5.74, 6) is 0.819.